The first-order valence-electron chi connectivity index (χ1n) is 7.24. The fourth-order valence-corrected chi connectivity index (χ4v) is 2.59. The third kappa shape index (κ3) is 3.10. The highest BCUT2D eigenvalue weighted by Crippen LogP contribution is 2.24. The zero-order valence-electron chi connectivity index (χ0n) is 12.4. The highest BCUT2D eigenvalue weighted by atomic mass is 35.5. The molecule has 1 aliphatic heterocycles. The predicted molar refractivity (Wildman–Crippen MR) is 94.3 cm³/mol. The smallest absolute Gasteiger partial charge is 0.278 e. The third-order valence-electron chi connectivity index (χ3n) is 3.49. The Balaban J connectivity index is 2.05. The summed E-state index contributed by atoms with van der Waals surface area (Å²) < 4.78 is 0. The van der Waals surface area contributed by atoms with Crippen molar-refractivity contribution in [1.29, 1.82) is 0 Å². The van der Waals surface area contributed by atoms with Gasteiger partial charge in [-0.3, -0.25) is 9.69 Å². The molecule has 23 heavy (non-hydrogen) atoms. The number of nitrogens with zero attached hydrogens (tertiary/aromatic N) is 2. The van der Waals surface area contributed by atoms with Gasteiger partial charge in [-0.15, -0.1) is 6.58 Å². The van der Waals surface area contributed by atoms with Crippen molar-refractivity contribution in [3.63, 3.8) is 0 Å². The molecule has 2 aromatic carbocycles. The lowest BCUT2D eigenvalue weighted by Crippen LogP contribution is -2.32. The van der Waals surface area contributed by atoms with Gasteiger partial charge in [-0.2, -0.15) is 0 Å². The number of hydrogen-bond acceptors (Lipinski definition) is 2. The van der Waals surface area contributed by atoms with Crippen LogP contribution in [0.4, 0.5) is 0 Å². The summed E-state index contributed by atoms with van der Waals surface area (Å²) in [4.78, 5) is 18.8. The van der Waals surface area contributed by atoms with Gasteiger partial charge in [-0.1, -0.05) is 66.2 Å². The normalized spacial score (nSPS) is 15.9. The molecule has 0 radical (unpaired) electrons. The number of aliphatic imine (C=N–C) groups is 1. The van der Waals surface area contributed by atoms with Crippen LogP contribution in [-0.2, 0) is 4.79 Å². The van der Waals surface area contributed by atoms with E-state index in [-0.39, 0.29) is 5.91 Å². The van der Waals surface area contributed by atoms with Crippen LogP contribution in [0, 0.1) is 0 Å². The molecule has 0 spiro atoms. The summed E-state index contributed by atoms with van der Waals surface area (Å²) in [6.45, 7) is 4.13. The van der Waals surface area contributed by atoms with Gasteiger partial charge in [0.1, 0.15) is 11.5 Å². The summed E-state index contributed by atoms with van der Waals surface area (Å²) in [5.74, 6) is 0.484. The molecule has 114 valence electrons. The molecule has 1 amide bonds. The minimum Gasteiger partial charge on any atom is -0.287 e. The van der Waals surface area contributed by atoms with Crippen molar-refractivity contribution in [2.75, 3.05) is 6.54 Å². The monoisotopic (exact) mass is 322 g/mol. The molecule has 0 saturated carbocycles. The zero-order valence-corrected chi connectivity index (χ0v) is 13.2. The molecule has 1 aliphatic rings. The van der Waals surface area contributed by atoms with Crippen molar-refractivity contribution < 1.29 is 4.79 Å². The molecule has 0 atom stereocenters. The van der Waals surface area contributed by atoms with Crippen molar-refractivity contribution in [2.24, 2.45) is 4.99 Å². The molecule has 1 heterocycles. The number of halogens is 1. The number of amidine groups is 1. The van der Waals surface area contributed by atoms with E-state index >= 15 is 0 Å². The van der Waals surface area contributed by atoms with Gasteiger partial charge in [0.25, 0.3) is 5.91 Å². The van der Waals surface area contributed by atoms with Crippen LogP contribution in [0.2, 0.25) is 5.02 Å². The van der Waals surface area contributed by atoms with Crippen LogP contribution < -0.4 is 0 Å². The van der Waals surface area contributed by atoms with Gasteiger partial charge in [-0.25, -0.2) is 4.99 Å². The van der Waals surface area contributed by atoms with E-state index in [1.54, 1.807) is 23.1 Å². The second-order valence-corrected chi connectivity index (χ2v) is 5.46. The maximum atomic E-state index is 12.6. The Hall–Kier alpha value is -2.65. The molecule has 0 N–H and O–H groups in total. The second kappa shape index (κ2) is 6.63. The zero-order chi connectivity index (χ0) is 16.2. The molecule has 0 unspecified atom stereocenters. The first-order chi connectivity index (χ1) is 11.2. The Kier molecular flexibility index (Phi) is 4.40. The summed E-state index contributed by atoms with van der Waals surface area (Å²) in [5.41, 5.74) is 2.04. The molecule has 4 heteroatoms. The van der Waals surface area contributed by atoms with E-state index in [2.05, 4.69) is 11.6 Å². The standard InChI is InChI=1S/C19H15ClN2O/c1-2-12-22-18(14-8-4-3-5-9-14)21-17(19(22)23)13-15-10-6-7-11-16(15)20/h2-11,13H,1,12H2/b17-13+. The summed E-state index contributed by atoms with van der Waals surface area (Å²) in [6.07, 6.45) is 3.41. The van der Waals surface area contributed by atoms with Crippen molar-refractivity contribution in [1.82, 2.24) is 4.90 Å². The second-order valence-electron chi connectivity index (χ2n) is 5.06. The van der Waals surface area contributed by atoms with Crippen LogP contribution in [0.5, 0.6) is 0 Å². The minimum atomic E-state index is -0.149. The van der Waals surface area contributed by atoms with Crippen molar-refractivity contribution in [3.8, 4) is 0 Å². The third-order valence-corrected chi connectivity index (χ3v) is 3.83. The van der Waals surface area contributed by atoms with Crippen molar-refractivity contribution in [3.05, 3.63) is 89.1 Å². The quantitative estimate of drug-likeness (QED) is 0.614. The summed E-state index contributed by atoms with van der Waals surface area (Å²) in [7, 11) is 0. The van der Waals surface area contributed by atoms with E-state index in [4.69, 9.17) is 11.6 Å². The number of benzene rings is 2. The van der Waals surface area contributed by atoms with Crippen LogP contribution in [0.25, 0.3) is 6.08 Å². The fourth-order valence-electron chi connectivity index (χ4n) is 2.40. The van der Waals surface area contributed by atoms with Gasteiger partial charge in [0.15, 0.2) is 0 Å². The van der Waals surface area contributed by atoms with Gasteiger partial charge >= 0.3 is 0 Å². The van der Waals surface area contributed by atoms with Gasteiger partial charge in [0, 0.05) is 17.1 Å². The number of amides is 1. The maximum Gasteiger partial charge on any atom is 0.278 e. The van der Waals surface area contributed by atoms with E-state index < -0.39 is 0 Å². The highest BCUT2D eigenvalue weighted by Gasteiger charge is 2.30. The van der Waals surface area contributed by atoms with Crippen molar-refractivity contribution >= 4 is 29.4 Å². The van der Waals surface area contributed by atoms with Gasteiger partial charge in [0.05, 0.1) is 0 Å². The van der Waals surface area contributed by atoms with Crippen LogP contribution >= 0.6 is 11.6 Å². The van der Waals surface area contributed by atoms with E-state index in [1.165, 1.54) is 0 Å². The van der Waals surface area contributed by atoms with Crippen LogP contribution in [0.15, 0.2) is 77.9 Å². The van der Waals surface area contributed by atoms with Crippen LogP contribution in [0.1, 0.15) is 11.1 Å². The number of hydrogen-bond donors (Lipinski definition) is 0. The van der Waals surface area contributed by atoms with Crippen molar-refractivity contribution in [2.45, 2.75) is 0 Å². The summed E-state index contributed by atoms with van der Waals surface area (Å²) in [6, 6.07) is 17.0. The van der Waals surface area contributed by atoms with E-state index in [0.29, 0.717) is 23.1 Å². The average molecular weight is 323 g/mol. The molecule has 0 fully saturated rings. The number of carbonyl (C=O) groups excluding carboxylic acids is 1. The maximum absolute atomic E-state index is 12.6. The Morgan fingerprint density at radius 2 is 1.78 bits per heavy atom. The van der Waals surface area contributed by atoms with Gasteiger partial charge < -0.3 is 0 Å². The van der Waals surface area contributed by atoms with E-state index in [9.17, 15) is 4.79 Å². The topological polar surface area (TPSA) is 32.7 Å². The SMILES string of the molecule is C=CCN1C(=O)/C(=C\c2ccccc2Cl)N=C1c1ccccc1. The minimum absolute atomic E-state index is 0.149. The molecule has 0 saturated heterocycles. The molecular formula is C19H15ClN2O. The Morgan fingerprint density at radius 1 is 1.09 bits per heavy atom. The Bertz CT molecular complexity index is 809. The molecule has 3 nitrogen and oxygen atoms in total. The van der Waals surface area contributed by atoms with Crippen LogP contribution in [-0.4, -0.2) is 23.2 Å². The number of carbonyl (C=O) groups is 1. The largest absolute Gasteiger partial charge is 0.287 e. The first kappa shape index (κ1) is 15.3. The van der Waals surface area contributed by atoms with Gasteiger partial charge in [0.2, 0.25) is 0 Å². The summed E-state index contributed by atoms with van der Waals surface area (Å²) in [5, 5.41) is 0.589. The molecule has 2 aromatic rings. The molecule has 0 bridgehead atoms. The molecular weight excluding hydrogens is 308 g/mol. The fraction of sp³-hybridized carbons (Fsp3) is 0.0526. The lowest BCUT2D eigenvalue weighted by Gasteiger charge is -2.15. The van der Waals surface area contributed by atoms with Crippen LogP contribution in [0.3, 0.4) is 0 Å². The number of rotatable bonds is 4. The Morgan fingerprint density at radius 3 is 2.48 bits per heavy atom. The highest BCUT2D eigenvalue weighted by molar-refractivity contribution is 6.32. The Labute approximate surface area is 140 Å². The summed E-state index contributed by atoms with van der Waals surface area (Å²) >= 11 is 6.17. The molecule has 0 aliphatic carbocycles. The lowest BCUT2D eigenvalue weighted by atomic mass is 10.2. The first-order valence-corrected chi connectivity index (χ1v) is 7.61. The predicted octanol–water partition coefficient (Wildman–Crippen LogP) is 4.16. The van der Waals surface area contributed by atoms with E-state index in [1.807, 2.05) is 48.5 Å². The molecule has 3 rings (SSSR count). The molecule has 0 aromatic heterocycles. The average Bonchev–Trinajstić information content (AvgIpc) is 2.88. The van der Waals surface area contributed by atoms with Gasteiger partial charge in [-0.05, 0) is 17.7 Å². The lowest BCUT2D eigenvalue weighted by molar-refractivity contribution is -0.122. The van der Waals surface area contributed by atoms with E-state index in [0.717, 1.165) is 11.1 Å².